The third-order valence-corrected chi connectivity index (χ3v) is 12.8. The van der Waals surface area contributed by atoms with Gasteiger partial charge in [-0.05, 0) is 70.3 Å². The topological polar surface area (TPSA) is 372 Å². The average Bonchev–Trinajstić information content (AvgIpc) is 3.35. The van der Waals surface area contributed by atoms with E-state index in [0.717, 1.165) is 5.56 Å². The van der Waals surface area contributed by atoms with Gasteiger partial charge in [-0.3, -0.25) is 38.6 Å². The summed E-state index contributed by atoms with van der Waals surface area (Å²) in [7, 11) is 1.61. The molecule has 3 rings (SSSR count). The minimum Gasteiger partial charge on any atom is -0.480 e. The summed E-state index contributed by atoms with van der Waals surface area (Å²) in [5, 5.41) is 47.8. The Morgan fingerprint density at radius 1 is 0.824 bits per heavy atom. The van der Waals surface area contributed by atoms with Crippen molar-refractivity contribution in [2.45, 2.75) is 134 Å². The number of ether oxygens (including phenoxy) is 1. The number of nitrogens with one attached hydrogen (secondary N) is 7. The van der Waals surface area contributed by atoms with Crippen LogP contribution >= 0.6 is 0 Å². The molecular weight excluding hydrogens is 961 g/mol. The van der Waals surface area contributed by atoms with Gasteiger partial charge in [-0.25, -0.2) is 9.59 Å². The smallest absolute Gasteiger partial charge is 0.327 e. The highest BCUT2D eigenvalue weighted by atomic mass is 16.5. The van der Waals surface area contributed by atoms with Crippen LogP contribution in [0.15, 0.2) is 83.6 Å². The highest BCUT2D eigenvalue weighted by molar-refractivity contribution is 6.00. The number of nitrogens with two attached hydrogens (primary N) is 2. The monoisotopic (exact) mass is 1030 g/mol. The van der Waals surface area contributed by atoms with Crippen LogP contribution in [0.2, 0.25) is 0 Å². The fourth-order valence-electron chi connectivity index (χ4n) is 8.18. The highest BCUT2D eigenvalue weighted by Crippen LogP contribution is 2.23. The second-order valence-electron chi connectivity index (χ2n) is 18.8. The number of benzene rings is 1. The molecule has 406 valence electrons. The van der Waals surface area contributed by atoms with E-state index in [1.54, 1.807) is 26.2 Å². The summed E-state index contributed by atoms with van der Waals surface area (Å²) < 4.78 is 5.81. The minimum absolute atomic E-state index is 0.00958. The van der Waals surface area contributed by atoms with Crippen molar-refractivity contribution in [2.24, 2.45) is 40.1 Å². The highest BCUT2D eigenvalue weighted by Gasteiger charge is 2.38. The van der Waals surface area contributed by atoms with E-state index in [0.29, 0.717) is 24.8 Å². The average molecular weight is 1040 g/mol. The van der Waals surface area contributed by atoms with Gasteiger partial charge >= 0.3 is 11.9 Å². The van der Waals surface area contributed by atoms with E-state index in [2.05, 4.69) is 48.8 Å². The van der Waals surface area contributed by atoms with Crippen molar-refractivity contribution in [1.29, 1.82) is 0 Å². The van der Waals surface area contributed by atoms with Gasteiger partial charge in [0.15, 0.2) is 5.96 Å². The van der Waals surface area contributed by atoms with Crippen LogP contribution < -0.4 is 48.7 Å². The first kappa shape index (κ1) is 60.9. The second kappa shape index (κ2) is 30.0. The molecule has 14 N–H and O–H groups in total. The zero-order valence-corrected chi connectivity index (χ0v) is 42.8. The summed E-state index contributed by atoms with van der Waals surface area (Å²) in [4.78, 5) is 125. The molecule has 7 amide bonds. The Bertz CT molecular complexity index is 2300. The second-order valence-corrected chi connectivity index (χ2v) is 18.8. The van der Waals surface area contributed by atoms with E-state index in [1.807, 2.05) is 43.3 Å². The molecule has 0 bridgehead atoms. The van der Waals surface area contributed by atoms with Gasteiger partial charge in [0.1, 0.15) is 30.2 Å². The van der Waals surface area contributed by atoms with Gasteiger partial charge < -0.3 is 68.7 Å². The molecule has 23 heteroatoms. The summed E-state index contributed by atoms with van der Waals surface area (Å²) in [5.74, 6) is -13.2. The Balaban J connectivity index is 2.11. The lowest BCUT2D eigenvalue weighted by Gasteiger charge is -2.29. The number of hydrogen-bond acceptors (Lipinski definition) is 12. The van der Waals surface area contributed by atoms with Crippen molar-refractivity contribution in [3.05, 3.63) is 84.1 Å². The van der Waals surface area contributed by atoms with Crippen LogP contribution in [0, 0.1) is 23.7 Å². The summed E-state index contributed by atoms with van der Waals surface area (Å²) in [5.41, 5.74) is 12.3. The molecule has 1 aliphatic heterocycles. The van der Waals surface area contributed by atoms with E-state index in [-0.39, 0.29) is 49.7 Å². The lowest BCUT2D eigenvalue weighted by molar-refractivity contribution is -0.146. The Labute approximate surface area is 430 Å². The fourth-order valence-corrected chi connectivity index (χ4v) is 8.18. The number of guanidine groups is 1. The molecule has 1 aliphatic carbocycles. The van der Waals surface area contributed by atoms with Crippen molar-refractivity contribution in [3.8, 4) is 0 Å². The largest absolute Gasteiger partial charge is 0.480 e. The normalized spacial score (nSPS) is 27.6. The van der Waals surface area contributed by atoms with Crippen molar-refractivity contribution < 1.29 is 63.2 Å². The molecule has 1 saturated heterocycles. The number of allylic oxidation sites excluding steroid dienone is 3. The predicted octanol–water partition coefficient (Wildman–Crippen LogP) is -0.0527. The summed E-state index contributed by atoms with van der Waals surface area (Å²) in [6.45, 7) is 11.2. The summed E-state index contributed by atoms with van der Waals surface area (Å²) >= 11 is 0. The number of aliphatic hydroxyl groups is 1. The molecule has 23 nitrogen and oxygen atoms in total. The Morgan fingerprint density at radius 3 is 2.08 bits per heavy atom. The van der Waals surface area contributed by atoms with E-state index < -0.39 is 126 Å². The molecule has 0 radical (unpaired) electrons. The molecule has 74 heavy (non-hydrogen) atoms. The van der Waals surface area contributed by atoms with Crippen LogP contribution in [0.25, 0.3) is 0 Å². The number of amides is 7. The molecule has 0 spiro atoms. The lowest BCUT2D eigenvalue weighted by Crippen LogP contribution is -2.59. The van der Waals surface area contributed by atoms with E-state index in [9.17, 15) is 58.5 Å². The van der Waals surface area contributed by atoms with Crippen molar-refractivity contribution in [3.63, 3.8) is 0 Å². The molecule has 1 aromatic carbocycles. The third-order valence-electron chi connectivity index (χ3n) is 12.8. The molecule has 1 fully saturated rings. The SMILES string of the molecule is C=C1NC(=O)CC[C@H](C(=O)O)NC(=O)[C@@H](C)[C@H](/C=C/C(C)=C/[C@H](C)[C@H](Cc2ccccc2)OC)NC(=O)[C@H](CCCN=C(N)N)NC(=O)[C@@H](C)[C@H](C(=O)O)NC(=O)[C@H](C[C@H]2C=C[C@H](O)CC2)NC(=O)[C@@H](C)NC1=O. The number of hydrogen-bond donors (Lipinski definition) is 12. The van der Waals surface area contributed by atoms with E-state index >= 15 is 0 Å². The van der Waals surface area contributed by atoms with Gasteiger partial charge in [-0.1, -0.05) is 93.6 Å². The van der Waals surface area contributed by atoms with Crippen molar-refractivity contribution in [2.75, 3.05) is 13.7 Å². The fraction of sp³-hybridized carbons (Fsp3) is 0.529. The van der Waals surface area contributed by atoms with Crippen LogP contribution in [0.5, 0.6) is 0 Å². The van der Waals surface area contributed by atoms with E-state index in [4.69, 9.17) is 16.2 Å². The number of carboxylic acid groups (broad SMARTS) is 2. The number of aliphatic hydroxyl groups excluding tert-OH is 1. The standard InChI is InChI=1S/C51H74N10O13/c1-27(24-28(2)40(74-7)26-33-12-9-8-10-13-33)15-20-36-29(3)43(64)59-38(49(70)71)21-22-41(63)55-31(5)45(66)56-32(6)46(67)60-39(25-34-16-18-35(62)19-17-34)48(69)61-42(50(72)73)30(4)44(65)58-37(47(68)57-36)14-11-23-54-51(52)53/h8-10,12-13,15-16,18,20,24,28-30,32,34-40,42,62H,5,11,14,17,19,21-23,25-26H2,1-4,6-7H3,(H,55,63)(H,56,66)(H,57,68)(H,58,65)(H,59,64)(H,60,67)(H,61,69)(H,70,71)(H,72,73)(H4,52,53,54)/b20-15+,27-24+/t28-,29-,30-,32+,34-,35-,36-,37-,38+,39-,40-,42+/m0/s1. The number of rotatable bonds is 15. The number of nitrogens with zero attached hydrogens (tertiary/aromatic N) is 1. The number of aliphatic carboxylic acids is 2. The lowest BCUT2D eigenvalue weighted by atomic mass is 9.88. The maximum Gasteiger partial charge on any atom is 0.327 e. The van der Waals surface area contributed by atoms with Gasteiger partial charge in [0.25, 0.3) is 5.91 Å². The van der Waals surface area contributed by atoms with Crippen molar-refractivity contribution >= 4 is 59.2 Å². The minimum atomic E-state index is -1.93. The third kappa shape index (κ3) is 20.2. The molecule has 1 aromatic rings. The number of aliphatic imine (C=N–C) groups is 1. The number of carboxylic acids is 2. The van der Waals surface area contributed by atoms with Gasteiger partial charge in [0.05, 0.1) is 35.8 Å². The van der Waals surface area contributed by atoms with Crippen LogP contribution in [-0.2, 0) is 54.3 Å². The zero-order chi connectivity index (χ0) is 55.2. The summed E-state index contributed by atoms with van der Waals surface area (Å²) in [6, 6.07) is 0.721. The van der Waals surface area contributed by atoms with Crippen LogP contribution in [0.4, 0.5) is 0 Å². The molecule has 0 unspecified atom stereocenters. The maximum absolute atomic E-state index is 14.4. The van der Waals surface area contributed by atoms with Crippen LogP contribution in [0.3, 0.4) is 0 Å². The Hall–Kier alpha value is -7.40. The summed E-state index contributed by atoms with van der Waals surface area (Å²) in [6.07, 6.45) is 7.56. The number of carbonyl (C=O) groups excluding carboxylic acids is 7. The molecule has 0 aromatic heterocycles. The molecular formula is C51H74N10O13. The van der Waals surface area contributed by atoms with Gasteiger partial charge in [-0.15, -0.1) is 0 Å². The Kier molecular flexibility index (Phi) is 24.7. The maximum atomic E-state index is 14.4. The Morgan fingerprint density at radius 2 is 1.47 bits per heavy atom. The van der Waals surface area contributed by atoms with Gasteiger partial charge in [0, 0.05) is 26.0 Å². The first-order chi connectivity index (χ1) is 34.9. The molecule has 2 aliphatic rings. The molecule has 0 saturated carbocycles. The number of carbonyl (C=O) groups is 9. The van der Waals surface area contributed by atoms with Crippen LogP contribution in [0.1, 0.15) is 85.1 Å². The number of methoxy groups -OCH3 is 1. The molecule has 1 heterocycles. The van der Waals surface area contributed by atoms with Crippen molar-refractivity contribution in [1.82, 2.24) is 37.2 Å². The predicted molar refractivity (Wildman–Crippen MR) is 273 cm³/mol. The quantitative estimate of drug-likeness (QED) is 0.0274. The van der Waals surface area contributed by atoms with Gasteiger partial charge in [0.2, 0.25) is 35.4 Å². The van der Waals surface area contributed by atoms with Gasteiger partial charge in [-0.2, -0.15) is 0 Å². The van der Waals surface area contributed by atoms with E-state index in [1.165, 1.54) is 32.9 Å². The zero-order valence-electron chi connectivity index (χ0n) is 42.8. The first-order valence-corrected chi connectivity index (χ1v) is 24.5. The first-order valence-electron chi connectivity index (χ1n) is 24.5. The van der Waals surface area contributed by atoms with Crippen LogP contribution in [-0.4, -0.2) is 137 Å². The molecule has 12 atom stereocenters.